The first kappa shape index (κ1) is 16.2. The normalized spacial score (nSPS) is 10.7. The first-order valence-electron chi connectivity index (χ1n) is 6.52. The molecule has 0 fully saturated rings. The molecule has 0 bridgehead atoms. The molecule has 0 aliphatic rings. The van der Waals surface area contributed by atoms with Gasteiger partial charge in [0.05, 0.1) is 6.61 Å². The summed E-state index contributed by atoms with van der Waals surface area (Å²) in [5.41, 5.74) is 0.700. The van der Waals surface area contributed by atoms with Gasteiger partial charge in [-0.05, 0) is 28.4 Å². The number of carbonyl (C=O) groups excluding carboxylic acids is 1. The summed E-state index contributed by atoms with van der Waals surface area (Å²) in [6.07, 6.45) is 2.94. The van der Waals surface area contributed by atoms with Gasteiger partial charge in [0, 0.05) is 44.0 Å². The van der Waals surface area contributed by atoms with Crippen molar-refractivity contribution in [3.8, 4) is 0 Å². The molecule has 1 heterocycles. The van der Waals surface area contributed by atoms with Crippen LogP contribution in [0.25, 0.3) is 0 Å². The van der Waals surface area contributed by atoms with E-state index in [1.807, 2.05) is 16.8 Å². The molecule has 6 heteroatoms. The lowest BCUT2D eigenvalue weighted by molar-refractivity contribution is 0.0944. The van der Waals surface area contributed by atoms with E-state index in [1.54, 1.807) is 7.11 Å². The average Bonchev–Trinajstić information content (AvgIpc) is 2.75. The van der Waals surface area contributed by atoms with E-state index >= 15 is 0 Å². The zero-order chi connectivity index (χ0) is 14.1. The van der Waals surface area contributed by atoms with Crippen LogP contribution in [0.5, 0.6) is 0 Å². The van der Waals surface area contributed by atoms with Crippen molar-refractivity contribution in [2.75, 3.05) is 33.4 Å². The molecule has 0 radical (unpaired) electrons. The SMILES string of the molecule is CCCn1cc(Br)cc1C(=O)NCCNCCOC. The minimum absolute atomic E-state index is 0.0345. The third kappa shape index (κ3) is 5.76. The van der Waals surface area contributed by atoms with Gasteiger partial charge in [0.1, 0.15) is 5.69 Å². The molecule has 0 unspecified atom stereocenters. The summed E-state index contributed by atoms with van der Waals surface area (Å²) in [7, 11) is 1.67. The molecule has 19 heavy (non-hydrogen) atoms. The Kier molecular flexibility index (Phi) is 7.78. The van der Waals surface area contributed by atoms with Crippen molar-refractivity contribution in [1.29, 1.82) is 0 Å². The molecule has 0 aliphatic carbocycles. The molecule has 1 aromatic rings. The summed E-state index contributed by atoms with van der Waals surface area (Å²) in [5.74, 6) is -0.0345. The number of ether oxygens (including phenoxy) is 1. The van der Waals surface area contributed by atoms with Crippen LogP contribution in [0.1, 0.15) is 23.8 Å². The van der Waals surface area contributed by atoms with Crippen LogP contribution < -0.4 is 10.6 Å². The molecule has 0 spiro atoms. The number of rotatable bonds is 9. The maximum atomic E-state index is 12.0. The zero-order valence-corrected chi connectivity index (χ0v) is 13.1. The third-order valence-corrected chi connectivity index (χ3v) is 3.06. The Labute approximate surface area is 122 Å². The highest BCUT2D eigenvalue weighted by Crippen LogP contribution is 2.15. The molecule has 2 N–H and O–H groups in total. The average molecular weight is 332 g/mol. The molecule has 0 aliphatic heterocycles. The molecule has 1 aromatic heterocycles. The van der Waals surface area contributed by atoms with Gasteiger partial charge in [0.25, 0.3) is 5.91 Å². The summed E-state index contributed by atoms with van der Waals surface area (Å²) >= 11 is 3.40. The molecular weight excluding hydrogens is 310 g/mol. The summed E-state index contributed by atoms with van der Waals surface area (Å²) in [6.45, 7) is 5.77. The fourth-order valence-electron chi connectivity index (χ4n) is 1.75. The maximum absolute atomic E-state index is 12.0. The zero-order valence-electron chi connectivity index (χ0n) is 11.5. The van der Waals surface area contributed by atoms with Crippen LogP contribution in [0.15, 0.2) is 16.7 Å². The maximum Gasteiger partial charge on any atom is 0.267 e. The number of aromatic nitrogens is 1. The first-order valence-corrected chi connectivity index (χ1v) is 7.31. The van der Waals surface area contributed by atoms with Gasteiger partial charge in [-0.15, -0.1) is 0 Å². The van der Waals surface area contributed by atoms with Crippen LogP contribution in [0.3, 0.4) is 0 Å². The van der Waals surface area contributed by atoms with Crippen LogP contribution in [0.2, 0.25) is 0 Å². The number of halogens is 1. The Bertz CT molecular complexity index is 393. The second-order valence-electron chi connectivity index (χ2n) is 4.24. The van der Waals surface area contributed by atoms with E-state index < -0.39 is 0 Å². The van der Waals surface area contributed by atoms with Gasteiger partial charge in [0.2, 0.25) is 0 Å². The summed E-state index contributed by atoms with van der Waals surface area (Å²) in [6, 6.07) is 1.85. The highest BCUT2D eigenvalue weighted by molar-refractivity contribution is 9.10. The minimum atomic E-state index is -0.0345. The predicted molar refractivity (Wildman–Crippen MR) is 79.5 cm³/mol. The van der Waals surface area contributed by atoms with Crippen molar-refractivity contribution in [3.05, 3.63) is 22.4 Å². The number of nitrogens with zero attached hydrogens (tertiary/aromatic N) is 1. The highest BCUT2D eigenvalue weighted by Gasteiger charge is 2.11. The minimum Gasteiger partial charge on any atom is -0.383 e. The monoisotopic (exact) mass is 331 g/mol. The number of hydrogen-bond acceptors (Lipinski definition) is 3. The lowest BCUT2D eigenvalue weighted by Gasteiger charge is -2.09. The topological polar surface area (TPSA) is 55.3 Å². The van der Waals surface area contributed by atoms with Gasteiger partial charge < -0.3 is 19.9 Å². The fourth-order valence-corrected chi connectivity index (χ4v) is 2.21. The van der Waals surface area contributed by atoms with E-state index in [4.69, 9.17) is 4.74 Å². The van der Waals surface area contributed by atoms with E-state index in [2.05, 4.69) is 33.5 Å². The highest BCUT2D eigenvalue weighted by atomic mass is 79.9. The van der Waals surface area contributed by atoms with Crippen molar-refractivity contribution in [1.82, 2.24) is 15.2 Å². The van der Waals surface area contributed by atoms with E-state index in [9.17, 15) is 4.79 Å². The van der Waals surface area contributed by atoms with E-state index in [0.717, 1.165) is 30.5 Å². The molecule has 0 atom stereocenters. The molecular formula is C13H22BrN3O2. The van der Waals surface area contributed by atoms with Crippen molar-refractivity contribution in [3.63, 3.8) is 0 Å². The van der Waals surface area contributed by atoms with Gasteiger partial charge in [-0.3, -0.25) is 4.79 Å². The lowest BCUT2D eigenvalue weighted by Crippen LogP contribution is -2.34. The second kappa shape index (κ2) is 9.12. The van der Waals surface area contributed by atoms with Gasteiger partial charge in [0.15, 0.2) is 0 Å². The lowest BCUT2D eigenvalue weighted by atomic mass is 10.3. The molecule has 0 aromatic carbocycles. The van der Waals surface area contributed by atoms with Crippen LogP contribution in [-0.4, -0.2) is 43.8 Å². The number of methoxy groups -OCH3 is 1. The van der Waals surface area contributed by atoms with Crippen LogP contribution in [0, 0.1) is 0 Å². The van der Waals surface area contributed by atoms with Crippen molar-refractivity contribution >= 4 is 21.8 Å². The number of aryl methyl sites for hydroxylation is 1. The summed E-state index contributed by atoms with van der Waals surface area (Å²) < 4.78 is 7.83. The summed E-state index contributed by atoms with van der Waals surface area (Å²) in [5, 5.41) is 6.09. The Hall–Kier alpha value is -0.850. The second-order valence-corrected chi connectivity index (χ2v) is 5.15. The van der Waals surface area contributed by atoms with Crippen molar-refractivity contribution in [2.45, 2.75) is 19.9 Å². The number of carbonyl (C=O) groups is 1. The predicted octanol–water partition coefficient (Wildman–Crippen LogP) is 1.63. The third-order valence-electron chi connectivity index (χ3n) is 2.63. The molecule has 1 rings (SSSR count). The van der Waals surface area contributed by atoms with Crippen LogP contribution in [-0.2, 0) is 11.3 Å². The number of amides is 1. The van der Waals surface area contributed by atoms with Gasteiger partial charge in [-0.25, -0.2) is 0 Å². The number of nitrogens with one attached hydrogen (secondary N) is 2. The fraction of sp³-hybridized carbons (Fsp3) is 0.615. The van der Waals surface area contributed by atoms with Gasteiger partial charge >= 0.3 is 0 Å². The van der Waals surface area contributed by atoms with E-state index in [0.29, 0.717) is 18.8 Å². The standard InChI is InChI=1S/C13H22BrN3O2/c1-3-7-17-10-11(14)9-12(17)13(18)16-5-4-15-6-8-19-2/h9-10,15H,3-8H2,1-2H3,(H,16,18). The Morgan fingerprint density at radius 2 is 2.21 bits per heavy atom. The Balaban J connectivity index is 2.36. The first-order chi connectivity index (χ1) is 9.19. The Morgan fingerprint density at radius 1 is 1.42 bits per heavy atom. The van der Waals surface area contributed by atoms with Crippen LogP contribution >= 0.6 is 15.9 Å². The molecule has 1 amide bonds. The summed E-state index contributed by atoms with van der Waals surface area (Å²) in [4.78, 5) is 12.0. The largest absolute Gasteiger partial charge is 0.383 e. The van der Waals surface area contributed by atoms with Gasteiger partial charge in [-0.1, -0.05) is 6.92 Å². The smallest absolute Gasteiger partial charge is 0.267 e. The molecule has 0 saturated heterocycles. The van der Waals surface area contributed by atoms with Crippen molar-refractivity contribution in [2.24, 2.45) is 0 Å². The molecule has 0 saturated carbocycles. The van der Waals surface area contributed by atoms with Crippen LogP contribution in [0.4, 0.5) is 0 Å². The van der Waals surface area contributed by atoms with E-state index in [-0.39, 0.29) is 5.91 Å². The molecule has 108 valence electrons. The van der Waals surface area contributed by atoms with Crippen molar-refractivity contribution < 1.29 is 9.53 Å². The van der Waals surface area contributed by atoms with Gasteiger partial charge in [-0.2, -0.15) is 0 Å². The Morgan fingerprint density at radius 3 is 2.89 bits per heavy atom. The van der Waals surface area contributed by atoms with E-state index in [1.165, 1.54) is 0 Å². The number of hydrogen-bond donors (Lipinski definition) is 2. The quantitative estimate of drug-likeness (QED) is 0.676. The molecule has 5 nitrogen and oxygen atoms in total.